The Balaban J connectivity index is 1.73. The molecule has 3 N–H and O–H groups in total. The van der Waals surface area contributed by atoms with Crippen LogP contribution >= 0.6 is 0 Å². The number of ether oxygens (including phenoxy) is 1. The highest BCUT2D eigenvalue weighted by Crippen LogP contribution is 2.38. The summed E-state index contributed by atoms with van der Waals surface area (Å²) >= 11 is 0. The zero-order valence-corrected chi connectivity index (χ0v) is 15.8. The number of hydrogen-bond donors (Lipinski definition) is 2. The van der Waals surface area contributed by atoms with Crippen molar-refractivity contribution in [2.75, 3.05) is 17.2 Å². The smallest absolute Gasteiger partial charge is 0.159 e. The summed E-state index contributed by atoms with van der Waals surface area (Å²) in [6, 6.07) is 17.6. The molecule has 1 fully saturated rings. The summed E-state index contributed by atoms with van der Waals surface area (Å²) < 4.78 is 6.46. The summed E-state index contributed by atoms with van der Waals surface area (Å²) in [5.41, 5.74) is 9.65. The Hall–Kier alpha value is -2.96. The predicted octanol–water partition coefficient (Wildman–Crippen LogP) is 3.26. The van der Waals surface area contributed by atoms with E-state index >= 15 is 0 Å². The highest BCUT2D eigenvalue weighted by Gasteiger charge is 2.37. The largest absolute Gasteiger partial charge is 0.399 e. The molecule has 28 heavy (non-hydrogen) atoms. The van der Waals surface area contributed by atoms with Crippen molar-refractivity contribution in [3.05, 3.63) is 83.9 Å². The summed E-state index contributed by atoms with van der Waals surface area (Å²) in [5.74, 6) is 0.659. The summed E-state index contributed by atoms with van der Waals surface area (Å²) in [7, 11) is 0. The number of aliphatic hydroxyl groups is 1. The lowest BCUT2D eigenvalue weighted by Gasteiger charge is -2.44. The first-order valence-corrected chi connectivity index (χ1v) is 9.40. The van der Waals surface area contributed by atoms with Crippen molar-refractivity contribution >= 4 is 11.4 Å². The van der Waals surface area contributed by atoms with E-state index in [1.165, 1.54) is 0 Å². The molecule has 3 atom stereocenters. The number of benzene rings is 2. The van der Waals surface area contributed by atoms with Crippen LogP contribution in [0.1, 0.15) is 36.1 Å². The van der Waals surface area contributed by atoms with Gasteiger partial charge in [0.2, 0.25) is 0 Å². The lowest BCUT2D eigenvalue weighted by atomic mass is 10.00. The lowest BCUT2D eigenvalue weighted by molar-refractivity contribution is -0.0540. The second-order valence-electron chi connectivity index (χ2n) is 7.04. The number of nitrogen functional groups attached to an aromatic ring is 1. The van der Waals surface area contributed by atoms with Gasteiger partial charge in [-0.2, -0.15) is 0 Å². The molecule has 2 aromatic carbocycles. The van der Waals surface area contributed by atoms with Crippen molar-refractivity contribution in [1.82, 2.24) is 9.97 Å². The van der Waals surface area contributed by atoms with E-state index in [1.54, 1.807) is 18.5 Å². The molecule has 0 aliphatic carbocycles. The highest BCUT2D eigenvalue weighted by atomic mass is 16.5. The Labute approximate surface area is 164 Å². The van der Waals surface area contributed by atoms with Gasteiger partial charge in [0.25, 0.3) is 0 Å². The van der Waals surface area contributed by atoms with Crippen molar-refractivity contribution in [2.24, 2.45) is 0 Å². The van der Waals surface area contributed by atoms with E-state index < -0.39 is 0 Å². The molecule has 3 unspecified atom stereocenters. The third-order valence-electron chi connectivity index (χ3n) is 5.15. The van der Waals surface area contributed by atoms with E-state index in [9.17, 15) is 5.11 Å². The van der Waals surface area contributed by atoms with Gasteiger partial charge in [-0.25, -0.2) is 9.97 Å². The fourth-order valence-corrected chi connectivity index (χ4v) is 3.69. The number of nitrogens with zero attached hydrogens (tertiary/aromatic N) is 3. The summed E-state index contributed by atoms with van der Waals surface area (Å²) in [5, 5.41) is 9.54. The molecule has 4 rings (SSSR count). The van der Waals surface area contributed by atoms with E-state index in [1.807, 2.05) is 42.5 Å². The maximum Gasteiger partial charge on any atom is 0.159 e. The number of morpholine rings is 1. The molecule has 1 aliphatic heterocycles. The zero-order valence-electron chi connectivity index (χ0n) is 15.8. The SMILES string of the molecule is CC1C(c2ncccn2)OC(c2cccc(N)c2)CN1c1cccc(CO)c1. The number of aromatic nitrogens is 2. The summed E-state index contributed by atoms with van der Waals surface area (Å²) in [4.78, 5) is 11.2. The van der Waals surface area contributed by atoms with Crippen LogP contribution in [0, 0.1) is 0 Å². The first-order valence-electron chi connectivity index (χ1n) is 9.40. The monoisotopic (exact) mass is 376 g/mol. The van der Waals surface area contributed by atoms with Crippen molar-refractivity contribution in [1.29, 1.82) is 0 Å². The van der Waals surface area contributed by atoms with Gasteiger partial charge < -0.3 is 20.5 Å². The predicted molar refractivity (Wildman–Crippen MR) is 109 cm³/mol. The Kier molecular flexibility index (Phi) is 5.23. The molecule has 1 aromatic heterocycles. The molecule has 144 valence electrons. The normalized spacial score (nSPS) is 22.2. The molecular formula is C22H24N4O2. The van der Waals surface area contributed by atoms with Crippen LogP contribution in [0.3, 0.4) is 0 Å². The Bertz CT molecular complexity index is 935. The number of nitrogens with two attached hydrogens (primary N) is 1. The van der Waals surface area contributed by atoms with E-state index in [2.05, 4.69) is 27.9 Å². The van der Waals surface area contributed by atoms with Gasteiger partial charge in [0.05, 0.1) is 12.6 Å². The van der Waals surface area contributed by atoms with Gasteiger partial charge in [-0.3, -0.25) is 0 Å². The van der Waals surface area contributed by atoms with Gasteiger partial charge >= 0.3 is 0 Å². The molecule has 3 aromatic rings. The van der Waals surface area contributed by atoms with Gasteiger partial charge in [-0.1, -0.05) is 24.3 Å². The number of anilines is 2. The molecule has 6 heteroatoms. The molecular weight excluding hydrogens is 352 g/mol. The van der Waals surface area contributed by atoms with Crippen LogP contribution < -0.4 is 10.6 Å². The Morgan fingerprint density at radius 3 is 2.64 bits per heavy atom. The Morgan fingerprint density at radius 1 is 1.11 bits per heavy atom. The van der Waals surface area contributed by atoms with E-state index in [0.29, 0.717) is 18.1 Å². The number of rotatable bonds is 4. The second-order valence-corrected chi connectivity index (χ2v) is 7.04. The molecule has 0 radical (unpaired) electrons. The standard InChI is InChI=1S/C22H24N4O2/c1-15-21(22-24-9-4-10-25-22)28-20(17-6-3-7-18(23)12-17)13-26(15)19-8-2-5-16(11-19)14-27/h2-12,15,20-21,27H,13-14,23H2,1H3. The second kappa shape index (κ2) is 7.96. The first kappa shape index (κ1) is 18.4. The highest BCUT2D eigenvalue weighted by molar-refractivity contribution is 5.51. The molecule has 0 bridgehead atoms. The Morgan fingerprint density at radius 2 is 1.89 bits per heavy atom. The van der Waals surface area contributed by atoms with Crippen molar-refractivity contribution < 1.29 is 9.84 Å². The van der Waals surface area contributed by atoms with Crippen LogP contribution in [0.15, 0.2) is 67.0 Å². The van der Waals surface area contributed by atoms with Crippen molar-refractivity contribution in [3.8, 4) is 0 Å². The average molecular weight is 376 g/mol. The quantitative estimate of drug-likeness (QED) is 0.680. The van der Waals surface area contributed by atoms with Crippen LogP contribution in [0.25, 0.3) is 0 Å². The van der Waals surface area contributed by atoms with E-state index in [0.717, 1.165) is 16.8 Å². The van der Waals surface area contributed by atoms with Gasteiger partial charge in [-0.05, 0) is 48.4 Å². The fraction of sp³-hybridized carbons (Fsp3) is 0.273. The molecule has 0 amide bonds. The maximum absolute atomic E-state index is 9.54. The first-order chi connectivity index (χ1) is 13.7. The van der Waals surface area contributed by atoms with Crippen molar-refractivity contribution in [3.63, 3.8) is 0 Å². The number of hydrogen-bond acceptors (Lipinski definition) is 6. The molecule has 1 aliphatic rings. The van der Waals surface area contributed by atoms with Crippen molar-refractivity contribution in [2.45, 2.75) is 31.8 Å². The van der Waals surface area contributed by atoms with Crippen LogP contribution in [0.4, 0.5) is 11.4 Å². The third-order valence-corrected chi connectivity index (χ3v) is 5.15. The minimum absolute atomic E-state index is 0.0104. The molecule has 0 spiro atoms. The summed E-state index contributed by atoms with van der Waals surface area (Å²) in [6.45, 7) is 2.79. The maximum atomic E-state index is 9.54. The molecule has 6 nitrogen and oxygen atoms in total. The molecule has 1 saturated heterocycles. The molecule has 2 heterocycles. The van der Waals surface area contributed by atoms with E-state index in [-0.39, 0.29) is 24.9 Å². The van der Waals surface area contributed by atoms with Gasteiger partial charge in [0, 0.05) is 30.3 Å². The average Bonchev–Trinajstić information content (AvgIpc) is 2.74. The minimum atomic E-state index is -0.292. The third kappa shape index (κ3) is 3.69. The zero-order chi connectivity index (χ0) is 19.5. The topological polar surface area (TPSA) is 84.5 Å². The lowest BCUT2D eigenvalue weighted by Crippen LogP contribution is -2.47. The van der Waals surface area contributed by atoms with Crippen LogP contribution in [0.2, 0.25) is 0 Å². The van der Waals surface area contributed by atoms with Crippen LogP contribution in [-0.2, 0) is 11.3 Å². The van der Waals surface area contributed by atoms with Crippen LogP contribution in [0.5, 0.6) is 0 Å². The van der Waals surface area contributed by atoms with Gasteiger partial charge in [-0.15, -0.1) is 0 Å². The van der Waals surface area contributed by atoms with Gasteiger partial charge in [0.15, 0.2) is 5.82 Å². The summed E-state index contributed by atoms with van der Waals surface area (Å²) in [6.07, 6.45) is 3.00. The van der Waals surface area contributed by atoms with Crippen LogP contribution in [-0.4, -0.2) is 27.7 Å². The minimum Gasteiger partial charge on any atom is -0.399 e. The van der Waals surface area contributed by atoms with Gasteiger partial charge in [0.1, 0.15) is 12.2 Å². The number of aliphatic hydroxyl groups excluding tert-OH is 1. The fourth-order valence-electron chi connectivity index (χ4n) is 3.69. The molecule has 0 saturated carbocycles. The van der Waals surface area contributed by atoms with E-state index in [4.69, 9.17) is 10.5 Å².